The highest BCUT2D eigenvalue weighted by Gasteiger charge is 2.44. The van der Waals surface area contributed by atoms with Crippen molar-refractivity contribution in [3.8, 4) is 0 Å². The zero-order valence-electron chi connectivity index (χ0n) is 15.0. The fourth-order valence-electron chi connectivity index (χ4n) is 4.09. The number of piperidine rings is 1. The van der Waals surface area contributed by atoms with E-state index in [9.17, 15) is 4.79 Å². The normalized spacial score (nSPS) is 24.3. The third-order valence-electron chi connectivity index (χ3n) is 5.53. The molecular weight excluding hydrogens is 328 g/mol. The van der Waals surface area contributed by atoms with E-state index in [-0.39, 0.29) is 18.1 Å². The Morgan fingerprint density at radius 1 is 1.15 bits per heavy atom. The molecule has 2 aromatic heterocycles. The quantitative estimate of drug-likeness (QED) is 0.844. The smallest absolute Gasteiger partial charge is 0.272 e. The molecule has 26 heavy (non-hydrogen) atoms. The molecule has 0 spiro atoms. The Kier molecular flexibility index (Phi) is 4.95. The second-order valence-corrected chi connectivity index (χ2v) is 6.94. The molecule has 1 amide bonds. The summed E-state index contributed by atoms with van der Waals surface area (Å²) in [5.74, 6) is 0.0336. The minimum absolute atomic E-state index is 0.0336. The van der Waals surface area contributed by atoms with Crippen molar-refractivity contribution in [2.45, 2.75) is 31.0 Å². The highest BCUT2D eigenvalue weighted by atomic mass is 16.5. The maximum Gasteiger partial charge on any atom is 0.272 e. The van der Waals surface area contributed by atoms with Crippen LogP contribution >= 0.6 is 0 Å². The topological polar surface area (TPSA) is 58.6 Å². The van der Waals surface area contributed by atoms with Gasteiger partial charge in [-0.1, -0.05) is 12.1 Å². The number of hydrogen-bond donors (Lipinski definition) is 0. The van der Waals surface area contributed by atoms with Crippen LogP contribution in [0.4, 0.5) is 0 Å². The monoisotopic (exact) mass is 352 g/mol. The van der Waals surface area contributed by atoms with Crippen LogP contribution in [0.1, 0.15) is 34.9 Å². The molecule has 0 aliphatic carbocycles. The fraction of sp³-hybridized carbons (Fsp3) is 0.450. The van der Waals surface area contributed by atoms with Crippen LogP contribution in [0.3, 0.4) is 0 Å². The zero-order chi connectivity index (χ0) is 17.9. The third kappa shape index (κ3) is 3.22. The summed E-state index contributed by atoms with van der Waals surface area (Å²) in [6.07, 6.45) is 7.58. The van der Waals surface area contributed by atoms with Crippen LogP contribution in [0.5, 0.6) is 0 Å². The number of likely N-dealkylation sites (tertiary alicyclic amines) is 2. The van der Waals surface area contributed by atoms with E-state index in [4.69, 9.17) is 4.74 Å². The van der Waals surface area contributed by atoms with Gasteiger partial charge < -0.3 is 9.64 Å². The Labute approximate surface area is 153 Å². The molecule has 2 saturated heterocycles. The van der Waals surface area contributed by atoms with Crippen molar-refractivity contribution in [1.29, 1.82) is 0 Å². The summed E-state index contributed by atoms with van der Waals surface area (Å²) < 4.78 is 5.65. The van der Waals surface area contributed by atoms with Gasteiger partial charge in [0.2, 0.25) is 0 Å². The van der Waals surface area contributed by atoms with Gasteiger partial charge >= 0.3 is 0 Å². The van der Waals surface area contributed by atoms with E-state index in [1.807, 2.05) is 29.3 Å². The minimum atomic E-state index is 0.0336. The number of rotatable bonds is 4. The number of hydrogen-bond acceptors (Lipinski definition) is 5. The number of carbonyl (C=O) groups is 1. The van der Waals surface area contributed by atoms with Gasteiger partial charge in [0, 0.05) is 51.4 Å². The molecule has 2 aliphatic heterocycles. The van der Waals surface area contributed by atoms with Crippen LogP contribution in [0.25, 0.3) is 0 Å². The van der Waals surface area contributed by atoms with Crippen LogP contribution in [-0.2, 0) is 4.74 Å². The third-order valence-corrected chi connectivity index (χ3v) is 5.53. The Balaban J connectivity index is 1.39. The molecule has 0 saturated carbocycles. The van der Waals surface area contributed by atoms with Crippen molar-refractivity contribution >= 4 is 5.91 Å². The number of pyridine rings is 2. The van der Waals surface area contributed by atoms with Crippen LogP contribution in [0.15, 0.2) is 48.9 Å². The van der Waals surface area contributed by atoms with Gasteiger partial charge in [-0.15, -0.1) is 0 Å². The van der Waals surface area contributed by atoms with E-state index in [0.717, 1.165) is 32.5 Å². The summed E-state index contributed by atoms with van der Waals surface area (Å²) in [7, 11) is 1.78. The molecule has 0 aromatic carbocycles. The van der Waals surface area contributed by atoms with Gasteiger partial charge in [-0.3, -0.25) is 19.7 Å². The van der Waals surface area contributed by atoms with E-state index < -0.39 is 0 Å². The summed E-state index contributed by atoms with van der Waals surface area (Å²) in [6.45, 7) is 2.48. The Bertz CT molecular complexity index is 732. The Hall–Kier alpha value is -2.31. The number of methoxy groups -OCH3 is 1. The average molecular weight is 352 g/mol. The summed E-state index contributed by atoms with van der Waals surface area (Å²) in [5.41, 5.74) is 1.74. The van der Waals surface area contributed by atoms with Gasteiger partial charge in [0.25, 0.3) is 5.91 Å². The molecule has 2 atom stereocenters. The lowest BCUT2D eigenvalue weighted by Crippen LogP contribution is -2.60. The average Bonchev–Trinajstić information content (AvgIpc) is 2.69. The predicted octanol–water partition coefficient (Wildman–Crippen LogP) is 2.15. The predicted molar refractivity (Wildman–Crippen MR) is 97.6 cm³/mol. The first-order chi connectivity index (χ1) is 12.8. The lowest BCUT2D eigenvalue weighted by molar-refractivity contribution is -0.115. The molecule has 136 valence electrons. The standard InChI is InChI=1S/C20H24N4O2/c1-26-18-14-24(19(18)15-5-4-9-21-13-15)16-7-11-23(12-8-16)20(25)17-6-2-3-10-22-17/h2-6,9-10,13,16,18-19H,7-8,11-12,14H2,1H3/t18-,19-/m0/s1. The molecule has 4 rings (SSSR count). The molecule has 2 aromatic rings. The Morgan fingerprint density at radius 2 is 2.00 bits per heavy atom. The summed E-state index contributed by atoms with van der Waals surface area (Å²) >= 11 is 0. The minimum Gasteiger partial charge on any atom is -0.378 e. The van der Waals surface area contributed by atoms with Crippen molar-refractivity contribution in [3.63, 3.8) is 0 Å². The maximum absolute atomic E-state index is 12.6. The number of carbonyl (C=O) groups excluding carboxylic acids is 1. The van der Waals surface area contributed by atoms with Gasteiger partial charge in [0.15, 0.2) is 0 Å². The van der Waals surface area contributed by atoms with Crippen LogP contribution in [0.2, 0.25) is 0 Å². The van der Waals surface area contributed by atoms with Crippen molar-refractivity contribution in [3.05, 3.63) is 60.2 Å². The first-order valence-corrected chi connectivity index (χ1v) is 9.16. The number of aromatic nitrogens is 2. The fourth-order valence-corrected chi connectivity index (χ4v) is 4.09. The zero-order valence-corrected chi connectivity index (χ0v) is 15.0. The highest BCUT2D eigenvalue weighted by molar-refractivity contribution is 5.92. The number of nitrogens with zero attached hydrogens (tertiary/aromatic N) is 4. The first-order valence-electron chi connectivity index (χ1n) is 9.16. The van der Waals surface area contributed by atoms with Gasteiger partial charge in [0.1, 0.15) is 5.69 Å². The molecule has 2 aliphatic rings. The molecular formula is C20H24N4O2. The van der Waals surface area contributed by atoms with E-state index in [0.29, 0.717) is 11.7 Å². The van der Waals surface area contributed by atoms with Gasteiger partial charge in [-0.2, -0.15) is 0 Å². The van der Waals surface area contributed by atoms with E-state index in [2.05, 4.69) is 20.9 Å². The van der Waals surface area contributed by atoms with E-state index >= 15 is 0 Å². The first kappa shape index (κ1) is 17.1. The molecule has 0 N–H and O–H groups in total. The van der Waals surface area contributed by atoms with Crippen molar-refractivity contribution in [1.82, 2.24) is 19.8 Å². The van der Waals surface area contributed by atoms with E-state index in [1.165, 1.54) is 5.56 Å². The largest absolute Gasteiger partial charge is 0.378 e. The van der Waals surface area contributed by atoms with Gasteiger partial charge in [-0.25, -0.2) is 0 Å². The molecule has 6 nitrogen and oxygen atoms in total. The molecule has 2 fully saturated rings. The Morgan fingerprint density at radius 3 is 2.65 bits per heavy atom. The molecule has 6 heteroatoms. The van der Waals surface area contributed by atoms with Gasteiger partial charge in [-0.05, 0) is 36.6 Å². The van der Waals surface area contributed by atoms with Crippen molar-refractivity contribution < 1.29 is 9.53 Å². The highest BCUT2D eigenvalue weighted by Crippen LogP contribution is 2.39. The van der Waals surface area contributed by atoms with Crippen molar-refractivity contribution in [2.24, 2.45) is 0 Å². The second-order valence-electron chi connectivity index (χ2n) is 6.94. The second kappa shape index (κ2) is 7.51. The van der Waals surface area contributed by atoms with Gasteiger partial charge in [0.05, 0.1) is 12.1 Å². The molecule has 4 heterocycles. The molecule has 0 radical (unpaired) electrons. The summed E-state index contributed by atoms with van der Waals surface area (Å²) in [6, 6.07) is 10.3. The number of ether oxygens (including phenoxy) is 1. The van der Waals surface area contributed by atoms with Crippen molar-refractivity contribution in [2.75, 3.05) is 26.7 Å². The number of amides is 1. The lowest BCUT2D eigenvalue weighted by atomic mass is 9.87. The van der Waals surface area contributed by atoms with E-state index in [1.54, 1.807) is 25.6 Å². The maximum atomic E-state index is 12.6. The summed E-state index contributed by atoms with van der Waals surface area (Å²) in [4.78, 5) is 25.4. The molecule has 0 unspecified atom stereocenters. The molecule has 0 bridgehead atoms. The van der Waals surface area contributed by atoms with Crippen LogP contribution < -0.4 is 0 Å². The summed E-state index contributed by atoms with van der Waals surface area (Å²) in [5, 5.41) is 0. The van der Waals surface area contributed by atoms with Crippen LogP contribution in [0, 0.1) is 0 Å². The SMILES string of the molecule is CO[C@H]1CN(C2CCN(C(=O)c3ccccn3)CC2)[C@H]1c1cccnc1. The van der Waals surface area contributed by atoms with Crippen LogP contribution in [-0.4, -0.2) is 64.6 Å². The lowest BCUT2D eigenvalue weighted by Gasteiger charge is -2.52.